The van der Waals surface area contributed by atoms with Gasteiger partial charge >= 0.3 is 0 Å². The van der Waals surface area contributed by atoms with E-state index in [1.807, 2.05) is 45.0 Å². The Kier molecular flexibility index (Phi) is 4.57. The summed E-state index contributed by atoms with van der Waals surface area (Å²) in [6.07, 6.45) is 0.339. The zero-order valence-corrected chi connectivity index (χ0v) is 13.4. The SMILES string of the molecule is CC(C)(C)C1NC(=O)CCN(Cc2ccc(Cl)cc2)C1=O. The summed E-state index contributed by atoms with van der Waals surface area (Å²) < 4.78 is 0. The first kappa shape index (κ1) is 15.8. The Hall–Kier alpha value is -1.55. The number of halogens is 1. The first-order valence-electron chi connectivity index (χ1n) is 7.10. The van der Waals surface area contributed by atoms with Gasteiger partial charge in [-0.2, -0.15) is 0 Å². The number of carbonyl (C=O) groups is 2. The van der Waals surface area contributed by atoms with Crippen LogP contribution in [0.15, 0.2) is 24.3 Å². The molecule has 1 saturated heterocycles. The van der Waals surface area contributed by atoms with Crippen LogP contribution in [0.2, 0.25) is 5.02 Å². The van der Waals surface area contributed by atoms with E-state index in [1.165, 1.54) is 0 Å². The van der Waals surface area contributed by atoms with Crippen molar-refractivity contribution in [3.8, 4) is 0 Å². The van der Waals surface area contributed by atoms with Gasteiger partial charge in [-0.1, -0.05) is 44.5 Å². The number of hydrogen-bond acceptors (Lipinski definition) is 2. The number of hydrogen-bond donors (Lipinski definition) is 1. The summed E-state index contributed by atoms with van der Waals surface area (Å²) in [7, 11) is 0. The highest BCUT2D eigenvalue weighted by Gasteiger charge is 2.37. The van der Waals surface area contributed by atoms with Gasteiger partial charge in [-0.05, 0) is 23.1 Å². The number of rotatable bonds is 2. The third-order valence-electron chi connectivity index (χ3n) is 3.63. The number of nitrogens with one attached hydrogen (secondary N) is 1. The molecule has 1 aliphatic rings. The molecule has 1 aromatic carbocycles. The maximum atomic E-state index is 12.7. The van der Waals surface area contributed by atoms with Crippen molar-refractivity contribution in [2.45, 2.75) is 39.8 Å². The second-order valence-corrected chi connectivity index (χ2v) is 6.94. The first-order chi connectivity index (χ1) is 9.77. The molecule has 0 radical (unpaired) electrons. The quantitative estimate of drug-likeness (QED) is 0.913. The second-order valence-electron chi connectivity index (χ2n) is 6.50. The molecule has 0 bridgehead atoms. The Morgan fingerprint density at radius 2 is 1.86 bits per heavy atom. The maximum absolute atomic E-state index is 12.7. The molecule has 2 amide bonds. The predicted molar refractivity (Wildman–Crippen MR) is 82.9 cm³/mol. The van der Waals surface area contributed by atoms with Gasteiger partial charge in [0.2, 0.25) is 11.8 Å². The Morgan fingerprint density at radius 3 is 2.43 bits per heavy atom. The smallest absolute Gasteiger partial charge is 0.246 e. The number of carbonyl (C=O) groups excluding carboxylic acids is 2. The van der Waals surface area contributed by atoms with Crippen LogP contribution < -0.4 is 5.32 Å². The molecule has 1 unspecified atom stereocenters. The minimum absolute atomic E-state index is 0.0247. The molecule has 1 heterocycles. The lowest BCUT2D eigenvalue weighted by atomic mass is 9.86. The van der Waals surface area contributed by atoms with E-state index in [1.54, 1.807) is 4.90 Å². The predicted octanol–water partition coefficient (Wildman–Crippen LogP) is 2.60. The van der Waals surface area contributed by atoms with Gasteiger partial charge in [-0.3, -0.25) is 9.59 Å². The monoisotopic (exact) mass is 308 g/mol. The minimum Gasteiger partial charge on any atom is -0.344 e. The van der Waals surface area contributed by atoms with Gasteiger partial charge in [0.1, 0.15) is 6.04 Å². The molecule has 0 saturated carbocycles. The van der Waals surface area contributed by atoms with E-state index in [0.29, 0.717) is 24.5 Å². The van der Waals surface area contributed by atoms with Crippen LogP contribution in [0.3, 0.4) is 0 Å². The number of amides is 2. The zero-order valence-electron chi connectivity index (χ0n) is 12.6. The van der Waals surface area contributed by atoms with Crippen molar-refractivity contribution in [1.82, 2.24) is 10.2 Å². The van der Waals surface area contributed by atoms with Gasteiger partial charge in [0.05, 0.1) is 0 Å². The third-order valence-corrected chi connectivity index (χ3v) is 3.88. The van der Waals surface area contributed by atoms with E-state index >= 15 is 0 Å². The summed E-state index contributed by atoms with van der Waals surface area (Å²) in [4.78, 5) is 26.3. The van der Waals surface area contributed by atoms with E-state index < -0.39 is 6.04 Å². The van der Waals surface area contributed by atoms with Crippen molar-refractivity contribution in [1.29, 1.82) is 0 Å². The highest BCUT2D eigenvalue weighted by atomic mass is 35.5. The van der Waals surface area contributed by atoms with E-state index in [2.05, 4.69) is 5.32 Å². The Balaban J connectivity index is 2.19. The van der Waals surface area contributed by atoms with Crippen molar-refractivity contribution in [2.75, 3.05) is 6.54 Å². The molecule has 0 aliphatic carbocycles. The fourth-order valence-corrected chi connectivity index (χ4v) is 2.50. The largest absolute Gasteiger partial charge is 0.344 e. The zero-order chi connectivity index (χ0) is 15.6. The van der Waals surface area contributed by atoms with Crippen LogP contribution in [0.5, 0.6) is 0 Å². The van der Waals surface area contributed by atoms with E-state index in [-0.39, 0.29) is 17.2 Å². The fraction of sp³-hybridized carbons (Fsp3) is 0.500. The van der Waals surface area contributed by atoms with E-state index in [4.69, 9.17) is 11.6 Å². The molecule has 0 spiro atoms. The summed E-state index contributed by atoms with van der Waals surface area (Å²) in [5.74, 6) is -0.0924. The molecule has 1 N–H and O–H groups in total. The van der Waals surface area contributed by atoms with Gasteiger partial charge in [-0.25, -0.2) is 0 Å². The maximum Gasteiger partial charge on any atom is 0.246 e. The van der Waals surface area contributed by atoms with Gasteiger partial charge in [-0.15, -0.1) is 0 Å². The Labute approximate surface area is 130 Å². The van der Waals surface area contributed by atoms with Gasteiger partial charge in [0.15, 0.2) is 0 Å². The van der Waals surface area contributed by atoms with Crippen LogP contribution in [0.1, 0.15) is 32.8 Å². The summed E-state index contributed by atoms with van der Waals surface area (Å²) in [5.41, 5.74) is 0.699. The molecule has 114 valence electrons. The van der Waals surface area contributed by atoms with Crippen molar-refractivity contribution in [3.05, 3.63) is 34.9 Å². The second kappa shape index (κ2) is 6.06. The van der Waals surface area contributed by atoms with Crippen LogP contribution in [-0.2, 0) is 16.1 Å². The summed E-state index contributed by atoms with van der Waals surface area (Å²) in [5, 5.41) is 3.51. The van der Waals surface area contributed by atoms with Gasteiger partial charge in [0.25, 0.3) is 0 Å². The van der Waals surface area contributed by atoms with Crippen LogP contribution in [0.4, 0.5) is 0 Å². The third kappa shape index (κ3) is 3.97. The van der Waals surface area contributed by atoms with Crippen molar-refractivity contribution in [2.24, 2.45) is 5.41 Å². The molecule has 21 heavy (non-hydrogen) atoms. The molecule has 1 aromatic rings. The topological polar surface area (TPSA) is 49.4 Å². The molecule has 0 aromatic heterocycles. The highest BCUT2D eigenvalue weighted by Crippen LogP contribution is 2.24. The lowest BCUT2D eigenvalue weighted by molar-refractivity contribution is -0.136. The lowest BCUT2D eigenvalue weighted by Crippen LogP contribution is -2.51. The molecule has 5 heteroatoms. The summed E-state index contributed by atoms with van der Waals surface area (Å²) in [6.45, 7) is 6.82. The van der Waals surface area contributed by atoms with Gasteiger partial charge in [0, 0.05) is 24.5 Å². The first-order valence-corrected chi connectivity index (χ1v) is 7.48. The van der Waals surface area contributed by atoms with Crippen molar-refractivity contribution in [3.63, 3.8) is 0 Å². The molecule has 2 rings (SSSR count). The van der Waals surface area contributed by atoms with Crippen molar-refractivity contribution < 1.29 is 9.59 Å². The average Bonchev–Trinajstić information content (AvgIpc) is 2.54. The Morgan fingerprint density at radius 1 is 1.24 bits per heavy atom. The van der Waals surface area contributed by atoms with Crippen LogP contribution in [0, 0.1) is 5.41 Å². The molecule has 1 atom stereocenters. The van der Waals surface area contributed by atoms with Crippen LogP contribution in [0.25, 0.3) is 0 Å². The van der Waals surface area contributed by atoms with Gasteiger partial charge < -0.3 is 10.2 Å². The van der Waals surface area contributed by atoms with Crippen molar-refractivity contribution >= 4 is 23.4 Å². The number of benzene rings is 1. The standard InChI is InChI=1S/C16H21ClN2O2/c1-16(2,3)14-15(21)19(9-8-13(20)18-14)10-11-4-6-12(17)7-5-11/h4-7,14H,8-10H2,1-3H3,(H,18,20). The van der Waals surface area contributed by atoms with Crippen LogP contribution >= 0.6 is 11.6 Å². The highest BCUT2D eigenvalue weighted by molar-refractivity contribution is 6.30. The van der Waals surface area contributed by atoms with E-state index in [9.17, 15) is 9.59 Å². The molecular formula is C16H21ClN2O2. The summed E-state index contributed by atoms with van der Waals surface area (Å²) >= 11 is 5.88. The normalized spacial score (nSPS) is 20.2. The molecule has 1 fully saturated rings. The molecule has 1 aliphatic heterocycles. The minimum atomic E-state index is -0.486. The average molecular weight is 309 g/mol. The fourth-order valence-electron chi connectivity index (χ4n) is 2.38. The molecular weight excluding hydrogens is 288 g/mol. The van der Waals surface area contributed by atoms with E-state index in [0.717, 1.165) is 5.56 Å². The number of nitrogens with zero attached hydrogens (tertiary/aromatic N) is 1. The Bertz CT molecular complexity index is 534. The molecule has 4 nitrogen and oxygen atoms in total. The summed E-state index contributed by atoms with van der Waals surface area (Å²) in [6, 6.07) is 6.94. The lowest BCUT2D eigenvalue weighted by Gasteiger charge is -2.32. The van der Waals surface area contributed by atoms with Crippen LogP contribution in [-0.4, -0.2) is 29.3 Å².